The summed E-state index contributed by atoms with van der Waals surface area (Å²) >= 11 is 0. The molecule has 0 bridgehead atoms. The molecule has 1 aromatic carbocycles. The third-order valence-electron chi connectivity index (χ3n) is 3.88. The zero-order valence-electron chi connectivity index (χ0n) is 12.0. The Morgan fingerprint density at radius 2 is 1.67 bits per heavy atom. The van der Waals surface area contributed by atoms with Crippen molar-refractivity contribution in [3.05, 3.63) is 29.8 Å². The van der Waals surface area contributed by atoms with E-state index in [1.807, 2.05) is 23.1 Å². The maximum Gasteiger partial charge on any atom is 0.246 e. The number of para-hydroxylation sites is 1. The van der Waals surface area contributed by atoms with Crippen molar-refractivity contribution >= 4 is 17.5 Å². The molecule has 2 aliphatic rings. The zero-order chi connectivity index (χ0) is 14.7. The summed E-state index contributed by atoms with van der Waals surface area (Å²) in [6.07, 6.45) is 0. The largest absolute Gasteiger partial charge is 0.353 e. The second-order valence-electron chi connectivity index (χ2n) is 5.48. The number of hydrogen-bond acceptors (Lipinski definition) is 5. The summed E-state index contributed by atoms with van der Waals surface area (Å²) in [4.78, 5) is 27.4. The van der Waals surface area contributed by atoms with Crippen molar-refractivity contribution < 1.29 is 9.59 Å². The summed E-state index contributed by atoms with van der Waals surface area (Å²) in [5.41, 5.74) is 2.15. The van der Waals surface area contributed by atoms with Gasteiger partial charge in [0.1, 0.15) is 0 Å². The highest BCUT2D eigenvalue weighted by atomic mass is 16.2. The van der Waals surface area contributed by atoms with Crippen molar-refractivity contribution in [2.75, 3.05) is 44.2 Å². The van der Waals surface area contributed by atoms with E-state index in [1.54, 1.807) is 0 Å². The minimum Gasteiger partial charge on any atom is -0.353 e. The lowest BCUT2D eigenvalue weighted by Crippen LogP contribution is -2.52. The lowest BCUT2D eigenvalue weighted by atomic mass is 10.1. The van der Waals surface area contributed by atoms with E-state index in [0.717, 1.165) is 38.4 Å². The van der Waals surface area contributed by atoms with Gasteiger partial charge in [-0.1, -0.05) is 18.2 Å². The van der Waals surface area contributed by atoms with Gasteiger partial charge in [0.05, 0.1) is 13.1 Å². The van der Waals surface area contributed by atoms with Gasteiger partial charge >= 0.3 is 0 Å². The first-order chi connectivity index (χ1) is 10.2. The number of hydrogen-bond donors (Lipinski definition) is 2. The minimum atomic E-state index is -0.233. The first kappa shape index (κ1) is 14.0. The van der Waals surface area contributed by atoms with Gasteiger partial charge in [0.2, 0.25) is 11.8 Å². The van der Waals surface area contributed by atoms with E-state index in [9.17, 15) is 9.59 Å². The lowest BCUT2D eigenvalue weighted by molar-refractivity contribution is -0.130. The summed E-state index contributed by atoms with van der Waals surface area (Å²) in [5, 5.41) is 5.68. The Bertz CT molecular complexity index is 524. The molecule has 2 N–H and O–H groups in total. The summed E-state index contributed by atoms with van der Waals surface area (Å²) < 4.78 is 0. The highest BCUT2D eigenvalue weighted by molar-refractivity contribution is 6.02. The highest BCUT2D eigenvalue weighted by Gasteiger charge is 2.24. The van der Waals surface area contributed by atoms with Gasteiger partial charge in [-0.05, 0) is 11.6 Å². The van der Waals surface area contributed by atoms with Crippen LogP contribution in [-0.2, 0) is 16.1 Å². The van der Waals surface area contributed by atoms with Crippen LogP contribution in [0, 0.1) is 0 Å². The van der Waals surface area contributed by atoms with E-state index < -0.39 is 0 Å². The highest BCUT2D eigenvalue weighted by Crippen LogP contribution is 2.22. The van der Waals surface area contributed by atoms with Crippen LogP contribution < -0.4 is 15.5 Å². The van der Waals surface area contributed by atoms with Crippen LogP contribution in [0.1, 0.15) is 5.56 Å². The van der Waals surface area contributed by atoms with Crippen molar-refractivity contribution in [2.24, 2.45) is 0 Å². The van der Waals surface area contributed by atoms with E-state index in [-0.39, 0.29) is 24.9 Å². The quantitative estimate of drug-likeness (QED) is 0.738. The average molecular weight is 288 g/mol. The van der Waals surface area contributed by atoms with Gasteiger partial charge in [-0.3, -0.25) is 19.8 Å². The summed E-state index contributed by atoms with van der Waals surface area (Å²) in [7, 11) is 0. The Morgan fingerprint density at radius 1 is 1.00 bits per heavy atom. The molecule has 2 aliphatic heterocycles. The van der Waals surface area contributed by atoms with Crippen molar-refractivity contribution in [1.29, 1.82) is 0 Å². The number of rotatable bonds is 3. The molecule has 21 heavy (non-hydrogen) atoms. The molecule has 0 saturated carbocycles. The molecule has 0 atom stereocenters. The molecular weight excluding hydrogens is 268 g/mol. The number of anilines is 1. The van der Waals surface area contributed by atoms with Gasteiger partial charge in [-0.2, -0.15) is 0 Å². The lowest BCUT2D eigenvalue weighted by Gasteiger charge is -2.32. The van der Waals surface area contributed by atoms with E-state index in [0.29, 0.717) is 0 Å². The number of carbonyl (C=O) groups excluding carboxylic acids is 2. The number of nitrogens with zero attached hydrogens (tertiary/aromatic N) is 2. The Hall–Kier alpha value is -1.92. The molecular formula is C15H20N4O2. The van der Waals surface area contributed by atoms with Crippen molar-refractivity contribution in [3.63, 3.8) is 0 Å². The Morgan fingerprint density at radius 3 is 2.38 bits per heavy atom. The standard InChI is InChI=1S/C15H20N4O2/c20-14-10-19(11-15(21)17-14)13-4-2-1-3-12(13)9-18-7-5-16-6-8-18/h1-4,16H,5-11H2,(H,17,20,21). The van der Waals surface area contributed by atoms with Gasteiger partial charge in [-0.25, -0.2) is 0 Å². The summed E-state index contributed by atoms with van der Waals surface area (Å²) in [6, 6.07) is 8.03. The monoisotopic (exact) mass is 288 g/mol. The topological polar surface area (TPSA) is 64.7 Å². The van der Waals surface area contributed by atoms with Gasteiger partial charge in [0.15, 0.2) is 0 Å². The van der Waals surface area contributed by atoms with Crippen molar-refractivity contribution in [2.45, 2.75) is 6.54 Å². The van der Waals surface area contributed by atoms with Gasteiger partial charge in [-0.15, -0.1) is 0 Å². The molecule has 1 aromatic rings. The van der Waals surface area contributed by atoms with Crippen molar-refractivity contribution in [1.82, 2.24) is 15.5 Å². The molecule has 0 unspecified atom stereocenters. The van der Waals surface area contributed by atoms with Crippen LogP contribution in [-0.4, -0.2) is 56.0 Å². The first-order valence-corrected chi connectivity index (χ1v) is 7.31. The molecule has 6 heteroatoms. The maximum atomic E-state index is 11.6. The van der Waals surface area contributed by atoms with E-state index in [1.165, 1.54) is 5.56 Å². The number of imide groups is 1. The number of nitrogens with one attached hydrogen (secondary N) is 2. The number of benzene rings is 1. The minimum absolute atomic E-state index is 0.233. The van der Waals surface area contributed by atoms with Crippen LogP contribution in [0.15, 0.2) is 24.3 Å². The van der Waals surface area contributed by atoms with Crippen LogP contribution in [0.25, 0.3) is 0 Å². The van der Waals surface area contributed by atoms with E-state index in [2.05, 4.69) is 21.6 Å². The fourth-order valence-corrected chi connectivity index (χ4v) is 2.87. The molecule has 0 aliphatic carbocycles. The SMILES string of the molecule is O=C1CN(c2ccccc2CN2CCNCC2)CC(=O)N1. The maximum absolute atomic E-state index is 11.6. The van der Waals surface area contributed by atoms with Crippen LogP contribution >= 0.6 is 0 Å². The predicted octanol–water partition coefficient (Wildman–Crippen LogP) is -0.445. The molecule has 112 valence electrons. The smallest absolute Gasteiger partial charge is 0.246 e. The summed E-state index contributed by atoms with van der Waals surface area (Å²) in [5.74, 6) is -0.466. The third-order valence-corrected chi connectivity index (χ3v) is 3.88. The molecule has 3 rings (SSSR count). The molecule has 6 nitrogen and oxygen atoms in total. The summed E-state index contributed by atoms with van der Waals surface area (Å²) in [6.45, 7) is 5.39. The van der Waals surface area contributed by atoms with Crippen LogP contribution in [0.3, 0.4) is 0 Å². The average Bonchev–Trinajstić information content (AvgIpc) is 2.48. The Kier molecular flexibility index (Phi) is 4.17. The molecule has 0 radical (unpaired) electrons. The Balaban J connectivity index is 1.78. The third kappa shape index (κ3) is 3.40. The Labute approximate surface area is 124 Å². The molecule has 0 spiro atoms. The normalized spacial score (nSPS) is 20.5. The molecule has 0 aromatic heterocycles. The van der Waals surface area contributed by atoms with Gasteiger partial charge in [0.25, 0.3) is 0 Å². The first-order valence-electron chi connectivity index (χ1n) is 7.31. The number of carbonyl (C=O) groups is 2. The van der Waals surface area contributed by atoms with Gasteiger partial charge < -0.3 is 10.2 Å². The molecule has 2 saturated heterocycles. The second-order valence-corrected chi connectivity index (χ2v) is 5.48. The van der Waals surface area contributed by atoms with Gasteiger partial charge in [0, 0.05) is 38.4 Å². The van der Waals surface area contributed by atoms with Crippen LogP contribution in [0.2, 0.25) is 0 Å². The van der Waals surface area contributed by atoms with Crippen LogP contribution in [0.5, 0.6) is 0 Å². The van der Waals surface area contributed by atoms with E-state index >= 15 is 0 Å². The molecule has 2 amide bonds. The zero-order valence-corrected chi connectivity index (χ0v) is 12.0. The molecule has 2 fully saturated rings. The molecule has 2 heterocycles. The fourth-order valence-electron chi connectivity index (χ4n) is 2.87. The van der Waals surface area contributed by atoms with E-state index in [4.69, 9.17) is 0 Å². The number of piperazine rings is 2. The number of amides is 2. The van der Waals surface area contributed by atoms with Crippen molar-refractivity contribution in [3.8, 4) is 0 Å². The second kappa shape index (κ2) is 6.24. The van der Waals surface area contributed by atoms with Crippen LogP contribution in [0.4, 0.5) is 5.69 Å². The fraction of sp³-hybridized carbons (Fsp3) is 0.467. The predicted molar refractivity (Wildman–Crippen MR) is 80.0 cm³/mol.